The van der Waals surface area contributed by atoms with Gasteiger partial charge in [-0.15, -0.1) is 0 Å². The van der Waals surface area contributed by atoms with Crippen LogP contribution in [0.5, 0.6) is 0 Å². The second kappa shape index (κ2) is 5.87. The van der Waals surface area contributed by atoms with E-state index in [1.807, 2.05) is 0 Å². The normalized spacial score (nSPS) is 11.6. The Labute approximate surface area is 93.4 Å². The molecule has 1 radical (unpaired) electrons. The van der Waals surface area contributed by atoms with Crippen molar-refractivity contribution >= 4 is 18.1 Å². The summed E-state index contributed by atoms with van der Waals surface area (Å²) < 4.78 is 9.74. The molecule has 0 aliphatic carbocycles. The van der Waals surface area contributed by atoms with E-state index in [1.165, 1.54) is 13.5 Å². The van der Waals surface area contributed by atoms with E-state index >= 15 is 0 Å². The number of carbonyl (C=O) groups excluding carboxylic acids is 2. The summed E-state index contributed by atoms with van der Waals surface area (Å²) in [6.45, 7) is 1.60. The van der Waals surface area contributed by atoms with E-state index in [9.17, 15) is 9.59 Å². The average molecular weight is 222 g/mol. The van der Waals surface area contributed by atoms with Crippen LogP contribution in [-0.2, 0) is 14.3 Å². The highest BCUT2D eigenvalue weighted by molar-refractivity contribution is 5.97. The standard InChI is InChI=1S/C11H12NO4/c1-8(15-2)16-11(14)9-5-3-4-6-10(9)12-7-13/h3-6,8H,1-2H3,(H,12,13). The minimum atomic E-state index is -0.638. The number of amides is 1. The first kappa shape index (κ1) is 12.2. The summed E-state index contributed by atoms with van der Waals surface area (Å²) in [7, 11) is 1.43. The fourth-order valence-corrected chi connectivity index (χ4v) is 1.09. The number of hydrogen-bond donors (Lipinski definition) is 1. The number of methoxy groups -OCH3 is 1. The largest absolute Gasteiger partial charge is 0.432 e. The zero-order valence-corrected chi connectivity index (χ0v) is 9.02. The van der Waals surface area contributed by atoms with Crippen molar-refractivity contribution in [3.05, 3.63) is 29.8 Å². The third kappa shape index (κ3) is 3.06. The maximum Gasteiger partial charge on any atom is 0.342 e. The topological polar surface area (TPSA) is 64.6 Å². The van der Waals surface area contributed by atoms with Gasteiger partial charge in [0.15, 0.2) is 6.29 Å². The Morgan fingerprint density at radius 3 is 2.75 bits per heavy atom. The number of para-hydroxylation sites is 1. The SMILES string of the molecule is COC(C)OC(=O)c1ccccc1N[C]=O. The van der Waals surface area contributed by atoms with Crippen LogP contribution in [0.2, 0.25) is 0 Å². The zero-order chi connectivity index (χ0) is 12.0. The van der Waals surface area contributed by atoms with Crippen molar-refractivity contribution in [2.24, 2.45) is 0 Å². The first-order valence-corrected chi connectivity index (χ1v) is 4.65. The lowest BCUT2D eigenvalue weighted by atomic mass is 10.2. The van der Waals surface area contributed by atoms with Gasteiger partial charge >= 0.3 is 12.4 Å². The van der Waals surface area contributed by atoms with Gasteiger partial charge in [-0.05, 0) is 19.1 Å². The minimum absolute atomic E-state index is 0.259. The zero-order valence-electron chi connectivity index (χ0n) is 9.02. The summed E-state index contributed by atoms with van der Waals surface area (Å²) in [5.74, 6) is -0.562. The summed E-state index contributed by atoms with van der Waals surface area (Å²) in [6.07, 6.45) is 0.869. The van der Waals surface area contributed by atoms with Crippen molar-refractivity contribution in [1.82, 2.24) is 0 Å². The molecular weight excluding hydrogens is 210 g/mol. The molecule has 16 heavy (non-hydrogen) atoms. The second-order valence-electron chi connectivity index (χ2n) is 2.98. The lowest BCUT2D eigenvalue weighted by Gasteiger charge is -2.12. The Morgan fingerprint density at radius 1 is 1.44 bits per heavy atom. The molecule has 0 heterocycles. The Bertz CT molecular complexity index is 378. The van der Waals surface area contributed by atoms with Crippen LogP contribution in [0.3, 0.4) is 0 Å². The number of benzene rings is 1. The molecule has 1 atom stereocenters. The molecule has 85 valence electrons. The highest BCUT2D eigenvalue weighted by atomic mass is 16.7. The quantitative estimate of drug-likeness (QED) is 0.463. The molecule has 1 rings (SSSR count). The van der Waals surface area contributed by atoms with Crippen LogP contribution in [0.25, 0.3) is 0 Å². The number of ether oxygens (including phenoxy) is 2. The molecule has 1 aromatic rings. The fourth-order valence-electron chi connectivity index (χ4n) is 1.09. The van der Waals surface area contributed by atoms with E-state index in [-0.39, 0.29) is 5.56 Å². The molecule has 0 aliphatic rings. The smallest absolute Gasteiger partial charge is 0.342 e. The Balaban J connectivity index is 2.85. The van der Waals surface area contributed by atoms with Gasteiger partial charge in [-0.3, -0.25) is 4.79 Å². The molecule has 1 unspecified atom stereocenters. The van der Waals surface area contributed by atoms with Crippen LogP contribution in [-0.4, -0.2) is 25.8 Å². The van der Waals surface area contributed by atoms with Crippen molar-refractivity contribution in [3.63, 3.8) is 0 Å². The second-order valence-corrected chi connectivity index (χ2v) is 2.98. The van der Waals surface area contributed by atoms with Gasteiger partial charge in [0.1, 0.15) is 0 Å². The Morgan fingerprint density at radius 2 is 2.12 bits per heavy atom. The first-order chi connectivity index (χ1) is 7.69. The highest BCUT2D eigenvalue weighted by Gasteiger charge is 2.14. The summed E-state index contributed by atoms with van der Waals surface area (Å²) in [5, 5.41) is 2.30. The number of nitrogens with one attached hydrogen (secondary N) is 1. The molecule has 0 aromatic heterocycles. The molecule has 0 saturated heterocycles. The first-order valence-electron chi connectivity index (χ1n) is 4.65. The highest BCUT2D eigenvalue weighted by Crippen LogP contribution is 2.16. The van der Waals surface area contributed by atoms with Gasteiger partial charge in [-0.25, -0.2) is 4.79 Å². The third-order valence-corrected chi connectivity index (χ3v) is 1.94. The molecule has 0 spiro atoms. The summed E-state index contributed by atoms with van der Waals surface area (Å²) >= 11 is 0. The predicted molar refractivity (Wildman–Crippen MR) is 57.6 cm³/mol. The van der Waals surface area contributed by atoms with Gasteiger partial charge in [0, 0.05) is 7.11 Å². The van der Waals surface area contributed by atoms with Crippen LogP contribution in [0.4, 0.5) is 5.69 Å². The molecule has 1 amide bonds. The van der Waals surface area contributed by atoms with E-state index in [2.05, 4.69) is 5.32 Å². The van der Waals surface area contributed by atoms with Gasteiger partial charge in [-0.2, -0.15) is 0 Å². The number of hydrogen-bond acceptors (Lipinski definition) is 4. The lowest BCUT2D eigenvalue weighted by Crippen LogP contribution is -2.17. The Kier molecular flexibility index (Phi) is 4.47. The Hall–Kier alpha value is -1.88. The number of rotatable bonds is 5. The van der Waals surface area contributed by atoms with Gasteiger partial charge < -0.3 is 14.8 Å². The van der Waals surface area contributed by atoms with E-state index in [1.54, 1.807) is 31.2 Å². The number of carbonyl (C=O) groups is 1. The number of anilines is 1. The lowest BCUT2D eigenvalue weighted by molar-refractivity contribution is -0.0772. The summed E-state index contributed by atoms with van der Waals surface area (Å²) in [5.41, 5.74) is 0.612. The molecule has 5 heteroatoms. The number of esters is 1. The van der Waals surface area contributed by atoms with Crippen LogP contribution in [0.1, 0.15) is 17.3 Å². The maximum atomic E-state index is 11.6. The van der Waals surface area contributed by atoms with Crippen molar-refractivity contribution in [2.45, 2.75) is 13.2 Å². The summed E-state index contributed by atoms with van der Waals surface area (Å²) in [4.78, 5) is 21.9. The van der Waals surface area contributed by atoms with E-state index in [4.69, 9.17) is 9.47 Å². The van der Waals surface area contributed by atoms with E-state index in [0.29, 0.717) is 5.69 Å². The van der Waals surface area contributed by atoms with Crippen LogP contribution in [0.15, 0.2) is 24.3 Å². The molecule has 0 bridgehead atoms. The molecular formula is C11H12NO4. The van der Waals surface area contributed by atoms with Crippen LogP contribution < -0.4 is 5.32 Å². The third-order valence-electron chi connectivity index (χ3n) is 1.94. The van der Waals surface area contributed by atoms with E-state index < -0.39 is 12.3 Å². The molecule has 1 N–H and O–H groups in total. The maximum absolute atomic E-state index is 11.6. The van der Waals surface area contributed by atoms with Crippen molar-refractivity contribution < 1.29 is 19.1 Å². The van der Waals surface area contributed by atoms with Crippen LogP contribution in [0, 0.1) is 0 Å². The summed E-state index contributed by atoms with van der Waals surface area (Å²) in [6, 6.07) is 6.49. The van der Waals surface area contributed by atoms with E-state index in [0.717, 1.165) is 0 Å². The van der Waals surface area contributed by atoms with Crippen molar-refractivity contribution in [1.29, 1.82) is 0 Å². The van der Waals surface area contributed by atoms with Gasteiger partial charge in [-0.1, -0.05) is 12.1 Å². The minimum Gasteiger partial charge on any atom is -0.432 e. The predicted octanol–water partition coefficient (Wildman–Crippen LogP) is 1.31. The fraction of sp³-hybridized carbons (Fsp3) is 0.273. The van der Waals surface area contributed by atoms with Gasteiger partial charge in [0.25, 0.3) is 0 Å². The van der Waals surface area contributed by atoms with Gasteiger partial charge in [0.05, 0.1) is 11.3 Å². The molecule has 0 saturated carbocycles. The van der Waals surface area contributed by atoms with Crippen molar-refractivity contribution in [2.75, 3.05) is 12.4 Å². The molecule has 0 aliphatic heterocycles. The molecule has 5 nitrogen and oxygen atoms in total. The average Bonchev–Trinajstić information content (AvgIpc) is 2.30. The van der Waals surface area contributed by atoms with Gasteiger partial charge in [0.2, 0.25) is 0 Å². The van der Waals surface area contributed by atoms with Crippen LogP contribution >= 0.6 is 0 Å². The monoisotopic (exact) mass is 222 g/mol. The molecule has 0 fully saturated rings. The van der Waals surface area contributed by atoms with Crippen molar-refractivity contribution in [3.8, 4) is 0 Å². The molecule has 1 aromatic carbocycles.